The van der Waals surface area contributed by atoms with Crippen molar-refractivity contribution in [3.63, 3.8) is 0 Å². The number of carbonyl (C=O) groups is 1. The van der Waals surface area contributed by atoms with Crippen LogP contribution in [0.5, 0.6) is 5.75 Å². The van der Waals surface area contributed by atoms with Crippen molar-refractivity contribution in [1.29, 1.82) is 0 Å². The summed E-state index contributed by atoms with van der Waals surface area (Å²) in [4.78, 5) is 25.9. The minimum Gasteiger partial charge on any atom is -0.461 e. The van der Waals surface area contributed by atoms with Crippen molar-refractivity contribution >= 4 is 17.5 Å². The highest BCUT2D eigenvalue weighted by Crippen LogP contribution is 2.29. The Kier molecular flexibility index (Phi) is 6.65. The predicted octanol–water partition coefficient (Wildman–Crippen LogP) is 4.32. The van der Waals surface area contributed by atoms with E-state index >= 15 is 0 Å². The molecule has 7 heteroatoms. The SMILES string of the molecule is Cc1ccc2c(c1)OC=C(Cl)N(CCCCN1CCCC(c3ncccn3)C1)C2=O. The number of hydrogen-bond acceptors (Lipinski definition) is 5. The number of ether oxygens (including phenoxy) is 1. The number of benzene rings is 1. The number of carbonyl (C=O) groups excluding carboxylic acids is 1. The maximum atomic E-state index is 13.0. The summed E-state index contributed by atoms with van der Waals surface area (Å²) in [6.45, 7) is 5.64. The van der Waals surface area contributed by atoms with Crippen molar-refractivity contribution in [2.75, 3.05) is 26.2 Å². The van der Waals surface area contributed by atoms with E-state index in [0.29, 0.717) is 28.9 Å². The number of unbranched alkanes of at least 4 members (excludes halogenated alkanes) is 1. The van der Waals surface area contributed by atoms with Crippen molar-refractivity contribution < 1.29 is 9.53 Å². The molecule has 0 bridgehead atoms. The number of piperidine rings is 1. The van der Waals surface area contributed by atoms with Gasteiger partial charge < -0.3 is 9.64 Å². The van der Waals surface area contributed by atoms with E-state index in [-0.39, 0.29) is 5.91 Å². The van der Waals surface area contributed by atoms with Crippen LogP contribution in [-0.2, 0) is 0 Å². The van der Waals surface area contributed by atoms with E-state index in [9.17, 15) is 4.79 Å². The molecule has 0 spiro atoms. The predicted molar refractivity (Wildman–Crippen MR) is 116 cm³/mol. The molecule has 2 aliphatic rings. The zero-order valence-electron chi connectivity index (χ0n) is 17.3. The van der Waals surface area contributed by atoms with Gasteiger partial charge in [-0.05, 0) is 69.5 Å². The number of hydrogen-bond donors (Lipinski definition) is 0. The van der Waals surface area contributed by atoms with Crippen LogP contribution in [0.25, 0.3) is 0 Å². The number of likely N-dealkylation sites (tertiary alicyclic amines) is 1. The maximum absolute atomic E-state index is 13.0. The van der Waals surface area contributed by atoms with Crippen LogP contribution in [0.4, 0.5) is 0 Å². The molecule has 6 nitrogen and oxygen atoms in total. The van der Waals surface area contributed by atoms with E-state index in [1.165, 1.54) is 6.26 Å². The van der Waals surface area contributed by atoms with Crippen molar-refractivity contribution in [2.24, 2.45) is 0 Å². The van der Waals surface area contributed by atoms with Gasteiger partial charge in [-0.25, -0.2) is 9.97 Å². The second-order valence-electron chi connectivity index (χ2n) is 7.97. The smallest absolute Gasteiger partial charge is 0.262 e. The molecule has 0 radical (unpaired) electrons. The van der Waals surface area contributed by atoms with Crippen LogP contribution in [0.1, 0.15) is 53.3 Å². The molecule has 0 N–H and O–H groups in total. The fraction of sp³-hybridized carbons (Fsp3) is 0.435. The highest BCUT2D eigenvalue weighted by Gasteiger charge is 2.26. The fourth-order valence-corrected chi connectivity index (χ4v) is 4.33. The van der Waals surface area contributed by atoms with Crippen molar-refractivity contribution in [1.82, 2.24) is 19.8 Å². The van der Waals surface area contributed by atoms with Gasteiger partial charge in [0, 0.05) is 31.4 Å². The molecule has 3 heterocycles. The molecule has 0 saturated carbocycles. The van der Waals surface area contributed by atoms with Crippen LogP contribution in [0, 0.1) is 6.92 Å². The lowest BCUT2D eigenvalue weighted by Gasteiger charge is -2.32. The molecule has 0 aliphatic carbocycles. The average Bonchev–Trinajstić information content (AvgIpc) is 2.88. The molecule has 1 saturated heterocycles. The third-order valence-electron chi connectivity index (χ3n) is 5.72. The van der Waals surface area contributed by atoms with E-state index < -0.39 is 0 Å². The molecule has 158 valence electrons. The molecule has 2 aliphatic heterocycles. The first-order chi connectivity index (χ1) is 14.6. The Balaban J connectivity index is 1.29. The van der Waals surface area contributed by atoms with E-state index in [1.54, 1.807) is 4.90 Å². The molecule has 1 atom stereocenters. The van der Waals surface area contributed by atoms with Gasteiger partial charge in [0.2, 0.25) is 0 Å². The molecular formula is C23H27ClN4O2. The van der Waals surface area contributed by atoms with E-state index in [0.717, 1.165) is 56.7 Å². The van der Waals surface area contributed by atoms with Gasteiger partial charge in [-0.15, -0.1) is 0 Å². The van der Waals surface area contributed by atoms with E-state index in [2.05, 4.69) is 14.9 Å². The highest BCUT2D eigenvalue weighted by atomic mass is 35.5. The largest absolute Gasteiger partial charge is 0.461 e. The van der Waals surface area contributed by atoms with Gasteiger partial charge in [-0.2, -0.15) is 0 Å². The molecule has 1 aromatic heterocycles. The third kappa shape index (κ3) is 4.82. The van der Waals surface area contributed by atoms with Crippen LogP contribution in [-0.4, -0.2) is 51.9 Å². The topological polar surface area (TPSA) is 58.6 Å². The minimum absolute atomic E-state index is 0.108. The van der Waals surface area contributed by atoms with Crippen LogP contribution in [0.15, 0.2) is 48.1 Å². The standard InChI is InChI=1S/C23H27ClN4O2/c1-17-7-8-19-20(14-17)30-16-21(24)28(23(19)29)13-3-2-11-27-12-4-6-18(15-27)22-25-9-5-10-26-22/h5,7-10,14,16,18H,2-4,6,11-13,15H2,1H3. The molecule has 1 fully saturated rings. The van der Waals surface area contributed by atoms with Gasteiger partial charge in [0.25, 0.3) is 5.91 Å². The lowest BCUT2D eigenvalue weighted by atomic mass is 9.97. The lowest BCUT2D eigenvalue weighted by molar-refractivity contribution is 0.0814. The summed E-state index contributed by atoms with van der Waals surface area (Å²) in [6.07, 6.45) is 9.27. The summed E-state index contributed by atoms with van der Waals surface area (Å²) in [7, 11) is 0. The van der Waals surface area contributed by atoms with Gasteiger partial charge in [0.05, 0.1) is 5.56 Å². The van der Waals surface area contributed by atoms with Gasteiger partial charge in [0.15, 0.2) is 0 Å². The second kappa shape index (κ2) is 9.58. The monoisotopic (exact) mass is 426 g/mol. The number of aromatic nitrogens is 2. The summed E-state index contributed by atoms with van der Waals surface area (Å²) in [5.41, 5.74) is 1.59. The molecule has 1 aromatic carbocycles. The number of fused-ring (bicyclic) bond motifs is 1. The van der Waals surface area contributed by atoms with Gasteiger partial charge in [0.1, 0.15) is 23.0 Å². The molecule has 30 heavy (non-hydrogen) atoms. The highest BCUT2D eigenvalue weighted by molar-refractivity contribution is 6.30. The number of nitrogens with zero attached hydrogens (tertiary/aromatic N) is 4. The summed E-state index contributed by atoms with van der Waals surface area (Å²) >= 11 is 6.34. The van der Waals surface area contributed by atoms with Crippen LogP contribution >= 0.6 is 11.6 Å². The van der Waals surface area contributed by atoms with Crippen LogP contribution in [0.3, 0.4) is 0 Å². The summed E-state index contributed by atoms with van der Waals surface area (Å²) in [5, 5.41) is 0.327. The normalized spacial score (nSPS) is 19.7. The Labute approximate surface area is 182 Å². The van der Waals surface area contributed by atoms with Crippen LogP contribution in [0.2, 0.25) is 0 Å². The van der Waals surface area contributed by atoms with Gasteiger partial charge >= 0.3 is 0 Å². The molecule has 4 rings (SSSR count). The Morgan fingerprint density at radius 1 is 1.20 bits per heavy atom. The Morgan fingerprint density at radius 2 is 2.00 bits per heavy atom. The Bertz CT molecular complexity index is 919. The minimum atomic E-state index is -0.108. The van der Waals surface area contributed by atoms with Gasteiger partial charge in [-0.3, -0.25) is 9.69 Å². The maximum Gasteiger partial charge on any atom is 0.262 e. The fourth-order valence-electron chi connectivity index (χ4n) is 4.13. The number of halogens is 1. The van der Waals surface area contributed by atoms with Crippen LogP contribution < -0.4 is 4.74 Å². The van der Waals surface area contributed by atoms with E-state index in [1.807, 2.05) is 43.6 Å². The zero-order chi connectivity index (χ0) is 20.9. The molecule has 1 unspecified atom stereocenters. The quantitative estimate of drug-likeness (QED) is 0.508. The molecular weight excluding hydrogens is 400 g/mol. The average molecular weight is 427 g/mol. The summed E-state index contributed by atoms with van der Waals surface area (Å²) in [6, 6.07) is 7.45. The number of amides is 1. The lowest BCUT2D eigenvalue weighted by Crippen LogP contribution is -2.36. The second-order valence-corrected chi connectivity index (χ2v) is 8.36. The van der Waals surface area contributed by atoms with Gasteiger partial charge in [-0.1, -0.05) is 17.7 Å². The van der Waals surface area contributed by atoms with Crippen molar-refractivity contribution in [3.8, 4) is 5.75 Å². The molecule has 2 aromatic rings. The van der Waals surface area contributed by atoms with E-state index in [4.69, 9.17) is 16.3 Å². The number of aryl methyl sites for hydroxylation is 1. The first-order valence-electron chi connectivity index (χ1n) is 10.6. The summed E-state index contributed by atoms with van der Waals surface area (Å²) < 4.78 is 5.62. The first kappa shape index (κ1) is 20.8. The number of rotatable bonds is 6. The summed E-state index contributed by atoms with van der Waals surface area (Å²) in [5.74, 6) is 1.80. The zero-order valence-corrected chi connectivity index (χ0v) is 18.0. The van der Waals surface area contributed by atoms with Crippen molar-refractivity contribution in [3.05, 3.63) is 65.0 Å². The Hall–Kier alpha value is -2.44. The molecule has 1 amide bonds. The van der Waals surface area contributed by atoms with Crippen molar-refractivity contribution in [2.45, 2.75) is 38.5 Å². The first-order valence-corrected chi connectivity index (χ1v) is 10.9. The Morgan fingerprint density at radius 3 is 2.83 bits per heavy atom. The third-order valence-corrected chi connectivity index (χ3v) is 6.01.